The first kappa shape index (κ1) is 16.4. The topological polar surface area (TPSA) is 130 Å². The smallest absolute Gasteiger partial charge is 0.270 e. The van der Waals surface area contributed by atoms with Gasteiger partial charge in [-0.15, -0.1) is 0 Å². The van der Waals surface area contributed by atoms with E-state index in [0.717, 1.165) is 0 Å². The van der Waals surface area contributed by atoms with Crippen LogP contribution in [-0.2, 0) is 4.79 Å². The van der Waals surface area contributed by atoms with Crippen LogP contribution in [0.3, 0.4) is 0 Å². The van der Waals surface area contributed by atoms with Crippen molar-refractivity contribution >= 4 is 17.6 Å². The minimum absolute atomic E-state index is 0.00463. The summed E-state index contributed by atoms with van der Waals surface area (Å²) in [5, 5.41) is 16.6. The van der Waals surface area contributed by atoms with E-state index in [0.29, 0.717) is 5.56 Å². The summed E-state index contributed by atoms with van der Waals surface area (Å²) in [6.07, 6.45) is 1.31. The molecule has 0 saturated carbocycles. The van der Waals surface area contributed by atoms with Gasteiger partial charge in [0.05, 0.1) is 0 Å². The molecule has 8 heteroatoms. The molecule has 0 saturated heterocycles. The van der Waals surface area contributed by atoms with Gasteiger partial charge in [-0.1, -0.05) is 5.16 Å². The van der Waals surface area contributed by atoms with Crippen LogP contribution in [0.5, 0.6) is 0 Å². The Bertz CT molecular complexity index is 539. The molecule has 1 atom stereocenters. The van der Waals surface area contributed by atoms with E-state index in [4.69, 9.17) is 10.9 Å². The fraction of sp³-hybridized carbons (Fsp3) is 0.385. The highest BCUT2D eigenvalue weighted by Gasteiger charge is 2.17. The monoisotopic (exact) mass is 293 g/mol. The Morgan fingerprint density at radius 1 is 1.29 bits per heavy atom. The van der Waals surface area contributed by atoms with Crippen LogP contribution in [0.2, 0.25) is 0 Å². The zero-order chi connectivity index (χ0) is 16.0. The molecule has 2 amide bonds. The SMILES string of the molecule is CC(C)NC(=O)C(C)NC(=O)c1ccc(/C(N)=N/O)cn1. The number of nitrogens with two attached hydrogens (primary N) is 1. The first-order valence-corrected chi connectivity index (χ1v) is 6.40. The molecule has 1 unspecified atom stereocenters. The van der Waals surface area contributed by atoms with E-state index >= 15 is 0 Å². The van der Waals surface area contributed by atoms with Crippen LogP contribution in [0.15, 0.2) is 23.5 Å². The standard InChI is InChI=1S/C13H19N5O3/c1-7(2)16-12(19)8(3)17-13(20)10-5-4-9(6-15-10)11(14)18-21/h4-8,21H,1-3H3,(H2,14,18)(H,16,19)(H,17,20). The summed E-state index contributed by atoms with van der Waals surface area (Å²) in [5.41, 5.74) is 5.92. The lowest BCUT2D eigenvalue weighted by atomic mass is 10.2. The van der Waals surface area contributed by atoms with E-state index in [1.54, 1.807) is 6.92 Å². The molecule has 0 bridgehead atoms. The van der Waals surface area contributed by atoms with Crippen molar-refractivity contribution in [2.45, 2.75) is 32.9 Å². The van der Waals surface area contributed by atoms with Gasteiger partial charge in [0.25, 0.3) is 5.91 Å². The Kier molecular flexibility index (Phi) is 5.65. The van der Waals surface area contributed by atoms with Crippen LogP contribution in [0.4, 0.5) is 0 Å². The first-order valence-electron chi connectivity index (χ1n) is 6.40. The lowest BCUT2D eigenvalue weighted by Gasteiger charge is -2.15. The number of pyridine rings is 1. The number of oxime groups is 1. The lowest BCUT2D eigenvalue weighted by Crippen LogP contribution is -2.46. The van der Waals surface area contributed by atoms with Crippen LogP contribution < -0.4 is 16.4 Å². The molecule has 0 fully saturated rings. The van der Waals surface area contributed by atoms with Crippen LogP contribution in [0.1, 0.15) is 36.8 Å². The number of amides is 2. The Labute approximate surface area is 122 Å². The van der Waals surface area contributed by atoms with Crippen LogP contribution >= 0.6 is 0 Å². The fourth-order valence-electron chi connectivity index (χ4n) is 1.48. The summed E-state index contributed by atoms with van der Waals surface area (Å²) >= 11 is 0. The van der Waals surface area contributed by atoms with Gasteiger partial charge in [-0.25, -0.2) is 0 Å². The molecule has 21 heavy (non-hydrogen) atoms. The Hall–Kier alpha value is -2.64. The molecule has 0 aliphatic heterocycles. The average molecular weight is 293 g/mol. The van der Waals surface area contributed by atoms with E-state index in [1.165, 1.54) is 18.3 Å². The van der Waals surface area contributed by atoms with Crippen molar-refractivity contribution in [2.75, 3.05) is 0 Å². The van der Waals surface area contributed by atoms with Crippen molar-refractivity contribution < 1.29 is 14.8 Å². The predicted molar refractivity (Wildman–Crippen MR) is 77.0 cm³/mol. The maximum Gasteiger partial charge on any atom is 0.270 e. The van der Waals surface area contributed by atoms with Crippen molar-refractivity contribution in [3.63, 3.8) is 0 Å². The number of hydrogen-bond donors (Lipinski definition) is 4. The molecule has 0 aliphatic rings. The quantitative estimate of drug-likeness (QED) is 0.259. The number of nitrogens with zero attached hydrogens (tertiary/aromatic N) is 2. The maximum atomic E-state index is 11.9. The van der Waals surface area contributed by atoms with Gasteiger partial charge in [0.1, 0.15) is 11.7 Å². The van der Waals surface area contributed by atoms with E-state index < -0.39 is 11.9 Å². The molecule has 1 rings (SSSR count). The Morgan fingerprint density at radius 3 is 2.43 bits per heavy atom. The predicted octanol–water partition coefficient (Wildman–Crippen LogP) is -0.181. The van der Waals surface area contributed by atoms with Gasteiger partial charge < -0.3 is 21.6 Å². The molecule has 5 N–H and O–H groups in total. The van der Waals surface area contributed by atoms with Gasteiger partial charge in [0.2, 0.25) is 5.91 Å². The summed E-state index contributed by atoms with van der Waals surface area (Å²) in [6.45, 7) is 5.25. The molecule has 0 spiro atoms. The third-order valence-electron chi connectivity index (χ3n) is 2.57. The third-order valence-corrected chi connectivity index (χ3v) is 2.57. The molecule has 0 aromatic carbocycles. The number of nitrogens with one attached hydrogen (secondary N) is 2. The van der Waals surface area contributed by atoms with Gasteiger partial charge in [-0.3, -0.25) is 14.6 Å². The minimum atomic E-state index is -0.676. The normalized spacial score (nSPS) is 12.9. The van der Waals surface area contributed by atoms with Crippen molar-refractivity contribution in [3.05, 3.63) is 29.6 Å². The van der Waals surface area contributed by atoms with Crippen molar-refractivity contribution in [2.24, 2.45) is 10.9 Å². The summed E-state index contributed by atoms with van der Waals surface area (Å²) < 4.78 is 0. The molecule has 1 aromatic heterocycles. The van der Waals surface area contributed by atoms with Crippen LogP contribution in [0, 0.1) is 0 Å². The summed E-state index contributed by atoms with van der Waals surface area (Å²) in [5.74, 6) is -0.849. The van der Waals surface area contributed by atoms with E-state index in [9.17, 15) is 9.59 Å². The summed E-state index contributed by atoms with van der Waals surface area (Å²) in [7, 11) is 0. The number of aromatic nitrogens is 1. The highest BCUT2D eigenvalue weighted by molar-refractivity contribution is 5.99. The largest absolute Gasteiger partial charge is 0.409 e. The zero-order valence-corrected chi connectivity index (χ0v) is 12.1. The van der Waals surface area contributed by atoms with Crippen molar-refractivity contribution in [1.82, 2.24) is 15.6 Å². The molecule has 0 radical (unpaired) electrons. The van der Waals surface area contributed by atoms with Gasteiger partial charge in [-0.05, 0) is 32.9 Å². The highest BCUT2D eigenvalue weighted by atomic mass is 16.4. The van der Waals surface area contributed by atoms with Crippen molar-refractivity contribution in [3.8, 4) is 0 Å². The molecular weight excluding hydrogens is 274 g/mol. The number of rotatable bonds is 5. The number of hydrogen-bond acceptors (Lipinski definition) is 5. The minimum Gasteiger partial charge on any atom is -0.409 e. The van der Waals surface area contributed by atoms with Gasteiger partial charge >= 0.3 is 0 Å². The number of amidine groups is 1. The Balaban J connectivity index is 2.69. The Morgan fingerprint density at radius 2 is 1.95 bits per heavy atom. The second kappa shape index (κ2) is 7.22. The van der Waals surface area contributed by atoms with Crippen molar-refractivity contribution in [1.29, 1.82) is 0 Å². The van der Waals surface area contributed by atoms with E-state index in [2.05, 4.69) is 20.8 Å². The molecule has 114 valence electrons. The summed E-state index contributed by atoms with van der Waals surface area (Å²) in [6, 6.07) is 2.24. The van der Waals surface area contributed by atoms with E-state index in [-0.39, 0.29) is 23.5 Å². The van der Waals surface area contributed by atoms with Gasteiger partial charge in [0, 0.05) is 17.8 Å². The molecule has 1 aromatic rings. The van der Waals surface area contributed by atoms with Crippen LogP contribution in [-0.4, -0.2) is 39.9 Å². The highest BCUT2D eigenvalue weighted by Crippen LogP contribution is 2.01. The first-order chi connectivity index (χ1) is 9.85. The molecule has 8 nitrogen and oxygen atoms in total. The molecular formula is C13H19N5O3. The zero-order valence-electron chi connectivity index (χ0n) is 12.1. The lowest BCUT2D eigenvalue weighted by molar-refractivity contribution is -0.123. The van der Waals surface area contributed by atoms with Crippen LogP contribution in [0.25, 0.3) is 0 Å². The maximum absolute atomic E-state index is 11.9. The number of carbonyl (C=O) groups is 2. The second-order valence-electron chi connectivity index (χ2n) is 4.78. The average Bonchev–Trinajstić information content (AvgIpc) is 2.45. The second-order valence-corrected chi connectivity index (χ2v) is 4.78. The number of carbonyl (C=O) groups excluding carboxylic acids is 2. The molecule has 0 aliphatic carbocycles. The van der Waals surface area contributed by atoms with Gasteiger partial charge in [0.15, 0.2) is 5.84 Å². The molecule has 1 heterocycles. The van der Waals surface area contributed by atoms with Gasteiger partial charge in [-0.2, -0.15) is 0 Å². The van der Waals surface area contributed by atoms with E-state index in [1.807, 2.05) is 13.8 Å². The third kappa shape index (κ3) is 4.75. The fourth-order valence-corrected chi connectivity index (χ4v) is 1.48. The summed E-state index contributed by atoms with van der Waals surface area (Å²) in [4.78, 5) is 27.5.